The van der Waals surface area contributed by atoms with Gasteiger partial charge in [-0.2, -0.15) is 0 Å². The molecule has 0 amide bonds. The Hall–Kier alpha value is -0.530. The predicted molar refractivity (Wildman–Crippen MR) is 54.1 cm³/mol. The lowest BCUT2D eigenvalue weighted by atomic mass is 9.89. The fourth-order valence-corrected chi connectivity index (χ4v) is 1.84. The Morgan fingerprint density at radius 2 is 2.15 bits per heavy atom. The first-order chi connectivity index (χ1) is 6.20. The Balaban J connectivity index is 2.13. The molecular weight excluding hydrogens is 184 g/mol. The molecule has 1 aliphatic heterocycles. The molecule has 0 saturated carbocycles. The van der Waals surface area contributed by atoms with E-state index in [9.17, 15) is 0 Å². The molecule has 70 valence electrons. The van der Waals surface area contributed by atoms with Crippen molar-refractivity contribution in [2.24, 2.45) is 0 Å². The van der Waals surface area contributed by atoms with Gasteiger partial charge in [0.25, 0.3) is 0 Å². The summed E-state index contributed by atoms with van der Waals surface area (Å²) in [5, 5.41) is 0.847. The Morgan fingerprint density at radius 1 is 1.46 bits per heavy atom. The van der Waals surface area contributed by atoms with Crippen molar-refractivity contribution in [3.63, 3.8) is 0 Å². The summed E-state index contributed by atoms with van der Waals surface area (Å²) in [5.74, 6) is 0. The second kappa shape index (κ2) is 3.32. The minimum Gasteiger partial charge on any atom is -0.375 e. The van der Waals surface area contributed by atoms with Gasteiger partial charge in [0, 0.05) is 11.4 Å². The third-order valence-electron chi connectivity index (χ3n) is 2.60. The van der Waals surface area contributed by atoms with Gasteiger partial charge in [-0.25, -0.2) is 0 Å². The van der Waals surface area contributed by atoms with Gasteiger partial charge in [0.05, 0.1) is 12.2 Å². The minimum absolute atomic E-state index is 0.0327. The molecule has 1 aromatic carbocycles. The van der Waals surface area contributed by atoms with Crippen molar-refractivity contribution in [1.82, 2.24) is 0 Å². The molecule has 0 aliphatic carbocycles. The molecule has 0 aromatic heterocycles. The maximum atomic E-state index is 6.06. The van der Waals surface area contributed by atoms with E-state index in [4.69, 9.17) is 16.3 Å². The maximum Gasteiger partial charge on any atom is 0.0717 e. The summed E-state index contributed by atoms with van der Waals surface area (Å²) in [7, 11) is 0. The van der Waals surface area contributed by atoms with Crippen molar-refractivity contribution in [3.8, 4) is 0 Å². The monoisotopic (exact) mass is 196 g/mol. The lowest BCUT2D eigenvalue weighted by molar-refractivity contribution is -0.132. The third kappa shape index (κ3) is 1.87. The molecule has 0 spiro atoms. The van der Waals surface area contributed by atoms with Crippen LogP contribution < -0.4 is 0 Å². The smallest absolute Gasteiger partial charge is 0.0717 e. The zero-order valence-electron chi connectivity index (χ0n) is 7.72. The van der Waals surface area contributed by atoms with Crippen LogP contribution in [0.25, 0.3) is 0 Å². The zero-order valence-corrected chi connectivity index (χ0v) is 8.47. The molecule has 0 radical (unpaired) electrons. The molecule has 13 heavy (non-hydrogen) atoms. The van der Waals surface area contributed by atoms with Crippen molar-refractivity contribution in [2.45, 2.75) is 25.4 Å². The second-order valence-electron chi connectivity index (χ2n) is 3.82. The highest BCUT2D eigenvalue weighted by molar-refractivity contribution is 6.31. The molecule has 2 rings (SSSR count). The van der Waals surface area contributed by atoms with Crippen molar-refractivity contribution in [3.05, 3.63) is 34.9 Å². The number of hydrogen-bond acceptors (Lipinski definition) is 1. The number of halogens is 1. The molecule has 1 aliphatic rings. The van der Waals surface area contributed by atoms with E-state index in [-0.39, 0.29) is 5.60 Å². The maximum absolute atomic E-state index is 6.06. The van der Waals surface area contributed by atoms with Crippen LogP contribution in [0.1, 0.15) is 18.9 Å². The van der Waals surface area contributed by atoms with E-state index in [1.165, 1.54) is 5.56 Å². The first kappa shape index (κ1) is 9.04. The zero-order chi connectivity index (χ0) is 9.31. The van der Waals surface area contributed by atoms with Gasteiger partial charge in [-0.1, -0.05) is 29.8 Å². The van der Waals surface area contributed by atoms with Gasteiger partial charge in [0.1, 0.15) is 0 Å². The van der Waals surface area contributed by atoms with Crippen LogP contribution >= 0.6 is 11.6 Å². The van der Waals surface area contributed by atoms with Crippen LogP contribution in [0.3, 0.4) is 0 Å². The van der Waals surface area contributed by atoms with E-state index in [2.05, 4.69) is 13.0 Å². The summed E-state index contributed by atoms with van der Waals surface area (Å²) in [4.78, 5) is 0. The first-order valence-electron chi connectivity index (χ1n) is 4.57. The normalized spacial score (nSPS) is 26.9. The molecule has 1 heterocycles. The molecule has 1 aromatic rings. The molecule has 1 unspecified atom stereocenters. The summed E-state index contributed by atoms with van der Waals surface area (Å²) in [6, 6.07) is 7.97. The Kier molecular flexibility index (Phi) is 2.31. The number of benzene rings is 1. The van der Waals surface area contributed by atoms with E-state index in [0.717, 1.165) is 24.5 Å². The fraction of sp³-hybridized carbons (Fsp3) is 0.455. The lowest BCUT2D eigenvalue weighted by Gasteiger charge is -2.39. The molecule has 1 fully saturated rings. The topological polar surface area (TPSA) is 9.23 Å². The van der Waals surface area contributed by atoms with E-state index < -0.39 is 0 Å². The summed E-state index contributed by atoms with van der Waals surface area (Å²) in [6.45, 7) is 3.03. The molecule has 0 N–H and O–H groups in total. The first-order valence-corrected chi connectivity index (χ1v) is 4.95. The summed E-state index contributed by atoms with van der Waals surface area (Å²) in [5.41, 5.74) is 1.22. The highest BCUT2D eigenvalue weighted by Crippen LogP contribution is 2.31. The second-order valence-corrected chi connectivity index (χ2v) is 4.22. The van der Waals surface area contributed by atoms with Crippen LogP contribution in [0, 0.1) is 0 Å². The minimum atomic E-state index is 0.0327. The van der Waals surface area contributed by atoms with E-state index in [0.29, 0.717) is 0 Å². The Labute approximate surface area is 83.7 Å². The van der Waals surface area contributed by atoms with Gasteiger partial charge >= 0.3 is 0 Å². The Bertz CT molecular complexity index is 305. The van der Waals surface area contributed by atoms with E-state index in [1.807, 2.05) is 18.2 Å². The predicted octanol–water partition coefficient (Wildman–Crippen LogP) is 3.06. The van der Waals surface area contributed by atoms with Crippen LogP contribution in [0.4, 0.5) is 0 Å². The molecule has 1 saturated heterocycles. The van der Waals surface area contributed by atoms with Gasteiger partial charge < -0.3 is 4.74 Å². The standard InChI is InChI=1S/C11H13ClO/c1-11(6-7-13-11)8-9-4-2-3-5-10(9)12/h2-5H,6-8H2,1H3. The van der Waals surface area contributed by atoms with Crippen molar-refractivity contribution in [2.75, 3.05) is 6.61 Å². The van der Waals surface area contributed by atoms with E-state index >= 15 is 0 Å². The molecule has 1 atom stereocenters. The highest BCUT2D eigenvalue weighted by atomic mass is 35.5. The number of hydrogen-bond donors (Lipinski definition) is 0. The van der Waals surface area contributed by atoms with Gasteiger partial charge in [-0.15, -0.1) is 0 Å². The van der Waals surface area contributed by atoms with Gasteiger partial charge in [0.15, 0.2) is 0 Å². The Morgan fingerprint density at radius 3 is 2.69 bits per heavy atom. The third-order valence-corrected chi connectivity index (χ3v) is 2.97. The average Bonchev–Trinajstić information content (AvgIpc) is 2.06. The number of rotatable bonds is 2. The van der Waals surface area contributed by atoms with E-state index in [1.54, 1.807) is 0 Å². The summed E-state index contributed by atoms with van der Waals surface area (Å²) in [6.07, 6.45) is 2.06. The van der Waals surface area contributed by atoms with Crippen molar-refractivity contribution < 1.29 is 4.74 Å². The molecule has 2 heteroatoms. The molecular formula is C11H13ClO. The molecule has 0 bridgehead atoms. The van der Waals surface area contributed by atoms with Crippen LogP contribution in [0.5, 0.6) is 0 Å². The van der Waals surface area contributed by atoms with Crippen molar-refractivity contribution in [1.29, 1.82) is 0 Å². The summed E-state index contributed by atoms with van der Waals surface area (Å²) < 4.78 is 5.52. The van der Waals surface area contributed by atoms with Crippen LogP contribution in [0.15, 0.2) is 24.3 Å². The van der Waals surface area contributed by atoms with Gasteiger partial charge in [-0.3, -0.25) is 0 Å². The van der Waals surface area contributed by atoms with Gasteiger partial charge in [-0.05, 0) is 25.0 Å². The largest absolute Gasteiger partial charge is 0.375 e. The fourth-order valence-electron chi connectivity index (χ4n) is 1.63. The number of ether oxygens (including phenoxy) is 1. The van der Waals surface area contributed by atoms with Crippen LogP contribution in [-0.2, 0) is 11.2 Å². The van der Waals surface area contributed by atoms with Gasteiger partial charge in [0.2, 0.25) is 0 Å². The summed E-state index contributed by atoms with van der Waals surface area (Å²) >= 11 is 6.06. The van der Waals surface area contributed by atoms with Crippen LogP contribution in [0.2, 0.25) is 5.02 Å². The quantitative estimate of drug-likeness (QED) is 0.707. The molecule has 1 nitrogen and oxygen atoms in total. The van der Waals surface area contributed by atoms with Crippen LogP contribution in [-0.4, -0.2) is 12.2 Å². The highest BCUT2D eigenvalue weighted by Gasteiger charge is 2.33. The SMILES string of the molecule is CC1(Cc2ccccc2Cl)CCO1. The lowest BCUT2D eigenvalue weighted by Crippen LogP contribution is -2.42. The average molecular weight is 197 g/mol. The van der Waals surface area contributed by atoms with Crippen molar-refractivity contribution >= 4 is 11.6 Å².